The van der Waals surface area contributed by atoms with E-state index in [1.807, 2.05) is 0 Å². The van der Waals surface area contributed by atoms with Crippen LogP contribution in [0.3, 0.4) is 0 Å². The minimum atomic E-state index is -0.233. The molecule has 5 heteroatoms. The van der Waals surface area contributed by atoms with Crippen LogP contribution in [0.4, 0.5) is 0 Å². The van der Waals surface area contributed by atoms with E-state index in [0.717, 1.165) is 11.0 Å². The molecule has 90 valence electrons. The van der Waals surface area contributed by atoms with E-state index in [-0.39, 0.29) is 17.9 Å². The molecule has 0 saturated heterocycles. The second-order valence-electron chi connectivity index (χ2n) is 4.19. The van der Waals surface area contributed by atoms with E-state index in [0.29, 0.717) is 0 Å². The van der Waals surface area contributed by atoms with E-state index >= 15 is 0 Å². The van der Waals surface area contributed by atoms with Crippen LogP contribution in [0.1, 0.15) is 18.7 Å². The summed E-state index contributed by atoms with van der Waals surface area (Å²) in [6.45, 7) is 5.30. The Morgan fingerprint density at radius 2 is 2.31 bits per heavy atom. The number of ether oxygens (including phenoxy) is 1. The standard InChI is InChI=1S/C11H16BrNO2S/c1-11(2,7-13-5-10(14)15-3)9-4-8(12)6-16-9/h4,6,13H,5,7H2,1-3H3. The molecule has 0 amide bonds. The number of rotatable bonds is 5. The summed E-state index contributed by atoms with van der Waals surface area (Å²) in [5.41, 5.74) is 0.0186. The van der Waals surface area contributed by atoms with Crippen LogP contribution in [0.2, 0.25) is 0 Å². The Kier molecular flexibility index (Phi) is 4.95. The molecule has 0 aliphatic carbocycles. The lowest BCUT2D eigenvalue weighted by Gasteiger charge is -2.23. The van der Waals surface area contributed by atoms with Crippen molar-refractivity contribution >= 4 is 33.2 Å². The van der Waals surface area contributed by atoms with Crippen LogP contribution < -0.4 is 5.32 Å². The molecule has 0 atom stereocenters. The van der Waals surface area contributed by atoms with E-state index in [9.17, 15) is 4.79 Å². The Balaban J connectivity index is 2.49. The molecule has 0 radical (unpaired) electrons. The molecule has 0 saturated carbocycles. The van der Waals surface area contributed by atoms with Gasteiger partial charge < -0.3 is 10.1 Å². The fraction of sp³-hybridized carbons (Fsp3) is 0.545. The number of carbonyl (C=O) groups excluding carboxylic acids is 1. The number of hydrogen-bond donors (Lipinski definition) is 1. The van der Waals surface area contributed by atoms with E-state index < -0.39 is 0 Å². The van der Waals surface area contributed by atoms with Crippen molar-refractivity contribution in [1.82, 2.24) is 5.32 Å². The van der Waals surface area contributed by atoms with Gasteiger partial charge >= 0.3 is 5.97 Å². The summed E-state index contributed by atoms with van der Waals surface area (Å²) in [5.74, 6) is -0.233. The molecule has 0 aliphatic heterocycles. The topological polar surface area (TPSA) is 38.3 Å². The second-order valence-corrected chi connectivity index (χ2v) is 6.02. The van der Waals surface area contributed by atoms with Gasteiger partial charge in [-0.3, -0.25) is 4.79 Å². The summed E-state index contributed by atoms with van der Waals surface area (Å²) >= 11 is 5.16. The SMILES string of the molecule is COC(=O)CNCC(C)(C)c1cc(Br)cs1. The largest absolute Gasteiger partial charge is 0.468 e. The summed E-state index contributed by atoms with van der Waals surface area (Å²) in [5, 5.41) is 5.17. The summed E-state index contributed by atoms with van der Waals surface area (Å²) in [4.78, 5) is 12.2. The maximum absolute atomic E-state index is 10.9. The van der Waals surface area contributed by atoms with Crippen LogP contribution in [0.15, 0.2) is 15.9 Å². The number of thiophene rings is 1. The Morgan fingerprint density at radius 1 is 1.62 bits per heavy atom. The first-order chi connectivity index (χ1) is 7.45. The average Bonchev–Trinajstić information content (AvgIpc) is 2.65. The highest BCUT2D eigenvalue weighted by Gasteiger charge is 2.22. The summed E-state index contributed by atoms with van der Waals surface area (Å²) in [6.07, 6.45) is 0. The zero-order valence-corrected chi connectivity index (χ0v) is 12.1. The molecular formula is C11H16BrNO2S. The number of carbonyl (C=O) groups is 1. The maximum Gasteiger partial charge on any atom is 0.319 e. The predicted octanol–water partition coefficient (Wildman–Crippen LogP) is 2.55. The van der Waals surface area contributed by atoms with Crippen LogP contribution in [0, 0.1) is 0 Å². The van der Waals surface area contributed by atoms with Crippen LogP contribution >= 0.6 is 27.3 Å². The van der Waals surface area contributed by atoms with Gasteiger partial charge in [0.1, 0.15) is 0 Å². The van der Waals surface area contributed by atoms with E-state index in [1.165, 1.54) is 12.0 Å². The fourth-order valence-corrected chi connectivity index (χ4v) is 2.86. The van der Waals surface area contributed by atoms with Crippen molar-refractivity contribution in [3.63, 3.8) is 0 Å². The van der Waals surface area contributed by atoms with Crippen LogP contribution in [0.25, 0.3) is 0 Å². The van der Waals surface area contributed by atoms with Gasteiger partial charge in [0.2, 0.25) is 0 Å². The molecule has 0 bridgehead atoms. The van der Waals surface area contributed by atoms with Gasteiger partial charge in [-0.15, -0.1) is 11.3 Å². The zero-order chi connectivity index (χ0) is 12.2. The summed E-state index contributed by atoms with van der Waals surface area (Å²) < 4.78 is 5.67. The lowest BCUT2D eigenvalue weighted by atomic mass is 9.91. The molecule has 3 nitrogen and oxygen atoms in total. The van der Waals surface area contributed by atoms with Crippen LogP contribution in [-0.2, 0) is 14.9 Å². The first-order valence-corrected chi connectivity index (χ1v) is 6.65. The van der Waals surface area contributed by atoms with Crippen molar-refractivity contribution in [2.24, 2.45) is 0 Å². The van der Waals surface area contributed by atoms with E-state index in [2.05, 4.69) is 51.3 Å². The van der Waals surface area contributed by atoms with Gasteiger partial charge in [-0.2, -0.15) is 0 Å². The van der Waals surface area contributed by atoms with Crippen LogP contribution in [0.5, 0.6) is 0 Å². The molecule has 0 aliphatic rings. The van der Waals surface area contributed by atoms with Crippen molar-refractivity contribution in [3.05, 3.63) is 20.8 Å². The fourth-order valence-electron chi connectivity index (χ4n) is 1.30. The summed E-state index contributed by atoms with van der Waals surface area (Å²) in [7, 11) is 1.39. The Labute approximate surface area is 108 Å². The highest BCUT2D eigenvalue weighted by Crippen LogP contribution is 2.30. The molecule has 0 aromatic carbocycles. The Hall–Kier alpha value is -0.390. The van der Waals surface area contributed by atoms with Gasteiger partial charge in [-0.05, 0) is 22.0 Å². The molecule has 16 heavy (non-hydrogen) atoms. The molecule has 1 aromatic rings. The molecule has 1 rings (SSSR count). The van der Waals surface area contributed by atoms with Crippen molar-refractivity contribution in [2.75, 3.05) is 20.2 Å². The van der Waals surface area contributed by atoms with E-state index in [4.69, 9.17) is 0 Å². The van der Waals surface area contributed by atoms with Gasteiger partial charge in [0.25, 0.3) is 0 Å². The first kappa shape index (κ1) is 13.7. The third kappa shape index (κ3) is 3.88. The third-order valence-electron chi connectivity index (χ3n) is 2.30. The highest BCUT2D eigenvalue weighted by atomic mass is 79.9. The van der Waals surface area contributed by atoms with Crippen molar-refractivity contribution in [2.45, 2.75) is 19.3 Å². The van der Waals surface area contributed by atoms with Crippen molar-refractivity contribution < 1.29 is 9.53 Å². The minimum absolute atomic E-state index is 0.0186. The van der Waals surface area contributed by atoms with Gasteiger partial charge in [-0.1, -0.05) is 13.8 Å². The molecular weight excluding hydrogens is 290 g/mol. The lowest BCUT2D eigenvalue weighted by molar-refractivity contribution is -0.139. The van der Waals surface area contributed by atoms with Gasteiger partial charge in [0.05, 0.1) is 13.7 Å². The number of hydrogen-bond acceptors (Lipinski definition) is 4. The summed E-state index contributed by atoms with van der Waals surface area (Å²) in [6, 6.07) is 2.12. The molecule has 1 N–H and O–H groups in total. The quantitative estimate of drug-likeness (QED) is 0.850. The first-order valence-electron chi connectivity index (χ1n) is 4.98. The maximum atomic E-state index is 10.9. The second kappa shape index (κ2) is 5.80. The molecule has 1 heterocycles. The third-order valence-corrected chi connectivity index (χ3v) is 4.36. The normalized spacial score (nSPS) is 11.5. The predicted molar refractivity (Wildman–Crippen MR) is 69.9 cm³/mol. The number of halogens is 1. The molecule has 1 aromatic heterocycles. The highest BCUT2D eigenvalue weighted by molar-refractivity contribution is 9.10. The average molecular weight is 306 g/mol. The van der Waals surface area contributed by atoms with Crippen LogP contribution in [-0.4, -0.2) is 26.2 Å². The minimum Gasteiger partial charge on any atom is -0.468 e. The lowest BCUT2D eigenvalue weighted by Crippen LogP contribution is -2.35. The number of nitrogens with one attached hydrogen (secondary N) is 1. The van der Waals surface area contributed by atoms with Crippen molar-refractivity contribution in [3.8, 4) is 0 Å². The zero-order valence-electron chi connectivity index (χ0n) is 9.67. The smallest absolute Gasteiger partial charge is 0.319 e. The number of esters is 1. The van der Waals surface area contributed by atoms with Crippen molar-refractivity contribution in [1.29, 1.82) is 0 Å². The number of methoxy groups -OCH3 is 1. The van der Waals surface area contributed by atoms with Gasteiger partial charge in [-0.25, -0.2) is 0 Å². The monoisotopic (exact) mass is 305 g/mol. The van der Waals surface area contributed by atoms with Gasteiger partial charge in [0, 0.05) is 26.7 Å². The molecule has 0 spiro atoms. The molecule has 0 unspecified atom stereocenters. The Morgan fingerprint density at radius 3 is 2.81 bits per heavy atom. The molecule has 0 fully saturated rings. The van der Waals surface area contributed by atoms with Gasteiger partial charge in [0.15, 0.2) is 0 Å². The Bertz CT molecular complexity index is 363. The van der Waals surface area contributed by atoms with E-state index in [1.54, 1.807) is 11.3 Å².